The number of rotatable bonds is 3. The predicted octanol–water partition coefficient (Wildman–Crippen LogP) is 3.28. The Balaban J connectivity index is 1.68. The highest BCUT2D eigenvalue weighted by molar-refractivity contribution is 6.30. The summed E-state index contributed by atoms with van der Waals surface area (Å²) in [5.74, 6) is 0.256. The Morgan fingerprint density at radius 2 is 1.74 bits per heavy atom. The van der Waals surface area contributed by atoms with Crippen molar-refractivity contribution >= 4 is 34.4 Å². The minimum absolute atomic E-state index is 0.140. The number of hydrogen-bond donors (Lipinski definition) is 0. The third-order valence-corrected chi connectivity index (χ3v) is 5.86. The van der Waals surface area contributed by atoms with Crippen molar-refractivity contribution in [2.24, 2.45) is 7.05 Å². The first kappa shape index (κ1) is 19.6. The zero-order valence-corrected chi connectivity index (χ0v) is 17.5. The highest BCUT2D eigenvalue weighted by Gasteiger charge is 2.27. The summed E-state index contributed by atoms with van der Waals surface area (Å²) in [4.78, 5) is 32.9. The van der Waals surface area contributed by atoms with Gasteiger partial charge in [0.1, 0.15) is 5.82 Å². The lowest BCUT2D eigenvalue weighted by Crippen LogP contribution is -2.40. The smallest absolute Gasteiger partial charge is 0.312 e. The SMILES string of the molecule is Cn1c(=O)n(Cc2ccc(Cl)cc2)c(=O)c2c1nc1n2CCCN1c1ccc(F)cc1. The number of aryl methyl sites for hydroxylation is 2. The van der Waals surface area contributed by atoms with Crippen molar-refractivity contribution in [1.29, 1.82) is 0 Å². The van der Waals surface area contributed by atoms with E-state index in [1.54, 1.807) is 43.4 Å². The molecule has 0 amide bonds. The van der Waals surface area contributed by atoms with E-state index >= 15 is 0 Å². The molecular formula is C22H19ClFN5O2. The number of halogens is 2. The molecule has 158 valence electrons. The predicted molar refractivity (Wildman–Crippen MR) is 118 cm³/mol. The molecule has 5 rings (SSSR count). The van der Waals surface area contributed by atoms with Crippen LogP contribution in [-0.4, -0.2) is 25.2 Å². The molecule has 7 nitrogen and oxygen atoms in total. The van der Waals surface area contributed by atoms with Crippen LogP contribution in [0.5, 0.6) is 0 Å². The van der Waals surface area contributed by atoms with Gasteiger partial charge in [-0.3, -0.25) is 13.9 Å². The first-order chi connectivity index (χ1) is 14.9. The first-order valence-electron chi connectivity index (χ1n) is 9.91. The van der Waals surface area contributed by atoms with E-state index in [1.807, 2.05) is 9.47 Å². The number of anilines is 2. The van der Waals surface area contributed by atoms with Gasteiger partial charge in [0.2, 0.25) is 5.95 Å². The fraction of sp³-hybridized carbons (Fsp3) is 0.227. The summed E-state index contributed by atoms with van der Waals surface area (Å²) in [5.41, 5.74) is 1.49. The van der Waals surface area contributed by atoms with Crippen molar-refractivity contribution in [2.75, 3.05) is 11.4 Å². The van der Waals surface area contributed by atoms with Crippen molar-refractivity contribution < 1.29 is 4.39 Å². The average Bonchev–Trinajstić information content (AvgIpc) is 3.17. The second kappa shape index (κ2) is 7.39. The number of imidazole rings is 1. The van der Waals surface area contributed by atoms with Crippen LogP contribution < -0.4 is 16.1 Å². The number of fused-ring (bicyclic) bond motifs is 3. The molecule has 0 unspecified atom stereocenters. The Hall–Kier alpha value is -3.39. The van der Waals surface area contributed by atoms with E-state index in [-0.39, 0.29) is 17.9 Å². The summed E-state index contributed by atoms with van der Waals surface area (Å²) < 4.78 is 17.9. The highest BCUT2D eigenvalue weighted by atomic mass is 35.5. The fourth-order valence-electron chi connectivity index (χ4n) is 4.04. The number of benzene rings is 2. The standard InChI is InChI=1S/C22H19ClFN5O2/c1-26-19-18(20(30)29(22(26)31)13-14-3-5-15(23)6-4-14)28-12-2-11-27(21(28)25-19)17-9-7-16(24)8-10-17/h3-10H,2,11-13H2,1H3. The molecule has 0 radical (unpaired) electrons. The van der Waals surface area contributed by atoms with Gasteiger partial charge in [-0.15, -0.1) is 0 Å². The molecule has 0 aliphatic carbocycles. The van der Waals surface area contributed by atoms with Crippen LogP contribution in [0.1, 0.15) is 12.0 Å². The van der Waals surface area contributed by atoms with Crippen molar-refractivity contribution in [3.05, 3.63) is 85.8 Å². The number of nitrogens with zero attached hydrogens (tertiary/aromatic N) is 5. The van der Waals surface area contributed by atoms with E-state index in [2.05, 4.69) is 4.98 Å². The Bertz CT molecular complexity index is 1400. The van der Waals surface area contributed by atoms with Crippen LogP contribution in [-0.2, 0) is 20.1 Å². The third kappa shape index (κ3) is 3.23. The van der Waals surface area contributed by atoms with Gasteiger partial charge in [0.15, 0.2) is 11.2 Å². The molecular weight excluding hydrogens is 421 g/mol. The summed E-state index contributed by atoms with van der Waals surface area (Å²) in [5, 5.41) is 0.588. The van der Waals surface area contributed by atoms with Gasteiger partial charge >= 0.3 is 5.69 Å². The van der Waals surface area contributed by atoms with Gasteiger partial charge in [0.25, 0.3) is 5.56 Å². The quantitative estimate of drug-likeness (QED) is 0.491. The third-order valence-electron chi connectivity index (χ3n) is 5.61. The maximum Gasteiger partial charge on any atom is 0.332 e. The van der Waals surface area contributed by atoms with Gasteiger partial charge in [0, 0.05) is 30.8 Å². The minimum atomic E-state index is -0.434. The van der Waals surface area contributed by atoms with Gasteiger partial charge in [-0.05, 0) is 48.4 Å². The fourth-order valence-corrected chi connectivity index (χ4v) is 4.17. The van der Waals surface area contributed by atoms with Crippen LogP contribution in [0.4, 0.5) is 16.0 Å². The molecule has 4 aromatic rings. The van der Waals surface area contributed by atoms with E-state index < -0.39 is 5.69 Å². The van der Waals surface area contributed by atoms with Crippen molar-refractivity contribution in [1.82, 2.24) is 18.7 Å². The Morgan fingerprint density at radius 1 is 1.03 bits per heavy atom. The molecule has 1 aliphatic rings. The number of aromatic nitrogens is 4. The zero-order valence-electron chi connectivity index (χ0n) is 16.8. The second-order valence-corrected chi connectivity index (χ2v) is 8.01. The van der Waals surface area contributed by atoms with Crippen LogP contribution >= 0.6 is 11.6 Å². The molecule has 0 saturated carbocycles. The molecule has 2 aromatic heterocycles. The molecule has 31 heavy (non-hydrogen) atoms. The monoisotopic (exact) mass is 439 g/mol. The largest absolute Gasteiger partial charge is 0.332 e. The lowest BCUT2D eigenvalue weighted by Gasteiger charge is -2.29. The maximum absolute atomic E-state index is 13.4. The molecule has 0 fully saturated rings. The first-order valence-corrected chi connectivity index (χ1v) is 10.3. The van der Waals surface area contributed by atoms with Crippen molar-refractivity contribution in [3.63, 3.8) is 0 Å². The molecule has 2 aromatic carbocycles. The van der Waals surface area contributed by atoms with E-state index in [0.717, 1.165) is 17.7 Å². The topological polar surface area (TPSA) is 65.1 Å². The van der Waals surface area contributed by atoms with Gasteiger partial charge in [0.05, 0.1) is 6.54 Å². The Labute approximate surface area is 181 Å². The van der Waals surface area contributed by atoms with Crippen molar-refractivity contribution in [3.8, 4) is 0 Å². The summed E-state index contributed by atoms with van der Waals surface area (Å²) in [7, 11) is 1.61. The zero-order chi connectivity index (χ0) is 21.7. The summed E-state index contributed by atoms with van der Waals surface area (Å²) >= 11 is 5.95. The Morgan fingerprint density at radius 3 is 2.45 bits per heavy atom. The average molecular weight is 440 g/mol. The molecule has 1 aliphatic heterocycles. The van der Waals surface area contributed by atoms with E-state index in [4.69, 9.17) is 11.6 Å². The summed E-state index contributed by atoms with van der Waals surface area (Å²) in [6.07, 6.45) is 0.787. The molecule has 0 spiro atoms. The number of hydrogen-bond acceptors (Lipinski definition) is 4. The van der Waals surface area contributed by atoms with Crippen LogP contribution in [0.2, 0.25) is 5.02 Å². The molecule has 9 heteroatoms. The van der Waals surface area contributed by atoms with E-state index in [1.165, 1.54) is 21.3 Å². The van der Waals surface area contributed by atoms with Crippen LogP contribution in [0, 0.1) is 5.82 Å². The molecule has 0 bridgehead atoms. The van der Waals surface area contributed by atoms with Crippen molar-refractivity contribution in [2.45, 2.75) is 19.5 Å². The lowest BCUT2D eigenvalue weighted by atomic mass is 10.2. The molecule has 0 saturated heterocycles. The van der Waals surface area contributed by atoms with Crippen LogP contribution in [0.15, 0.2) is 58.1 Å². The van der Waals surface area contributed by atoms with E-state index in [0.29, 0.717) is 35.2 Å². The van der Waals surface area contributed by atoms with Gasteiger partial charge in [-0.25, -0.2) is 9.18 Å². The Kier molecular flexibility index (Phi) is 4.66. The van der Waals surface area contributed by atoms with E-state index in [9.17, 15) is 14.0 Å². The summed E-state index contributed by atoms with van der Waals surface area (Å²) in [6.45, 7) is 1.43. The highest BCUT2D eigenvalue weighted by Crippen LogP contribution is 2.31. The minimum Gasteiger partial charge on any atom is -0.312 e. The molecule has 0 atom stereocenters. The van der Waals surface area contributed by atoms with Crippen LogP contribution in [0.25, 0.3) is 11.2 Å². The second-order valence-electron chi connectivity index (χ2n) is 7.58. The molecule has 3 heterocycles. The van der Waals surface area contributed by atoms with Gasteiger partial charge < -0.3 is 9.47 Å². The van der Waals surface area contributed by atoms with Gasteiger partial charge in [-0.2, -0.15) is 4.98 Å². The lowest BCUT2D eigenvalue weighted by molar-refractivity contribution is 0.596. The van der Waals surface area contributed by atoms with Crippen LogP contribution in [0.3, 0.4) is 0 Å². The summed E-state index contributed by atoms with van der Waals surface area (Å²) in [6, 6.07) is 13.2. The van der Waals surface area contributed by atoms with Gasteiger partial charge in [-0.1, -0.05) is 23.7 Å². The maximum atomic E-state index is 13.4. The molecule has 0 N–H and O–H groups in total. The normalized spacial score (nSPS) is 13.6.